The standard InChI is InChI=1S/C20H19F2NO2/c1-2-3-4-5-6-14-7-9-15(10-8-14)20(24)25-16-11-18(21)17(13-23)19(22)12-16/h7-12H,2-6H2,1H3. The van der Waals surface area contributed by atoms with Gasteiger partial charge < -0.3 is 4.74 Å². The van der Waals surface area contributed by atoms with Crippen molar-refractivity contribution in [2.45, 2.75) is 39.0 Å². The lowest BCUT2D eigenvalue weighted by atomic mass is 10.0. The smallest absolute Gasteiger partial charge is 0.343 e. The number of hydrogen-bond acceptors (Lipinski definition) is 3. The molecule has 0 aliphatic heterocycles. The molecular weight excluding hydrogens is 324 g/mol. The molecule has 2 rings (SSSR count). The molecule has 0 aromatic heterocycles. The van der Waals surface area contributed by atoms with Crippen molar-refractivity contribution >= 4 is 5.97 Å². The Hall–Kier alpha value is -2.74. The van der Waals surface area contributed by atoms with Crippen LogP contribution in [0.1, 0.15) is 54.1 Å². The molecule has 25 heavy (non-hydrogen) atoms. The normalized spacial score (nSPS) is 10.3. The van der Waals surface area contributed by atoms with Crippen LogP contribution in [0.3, 0.4) is 0 Å². The molecular formula is C20H19F2NO2. The summed E-state index contributed by atoms with van der Waals surface area (Å²) < 4.78 is 32.1. The van der Waals surface area contributed by atoms with Gasteiger partial charge in [-0.3, -0.25) is 0 Å². The zero-order chi connectivity index (χ0) is 18.2. The maximum atomic E-state index is 13.5. The van der Waals surface area contributed by atoms with E-state index in [1.165, 1.54) is 25.3 Å². The Morgan fingerprint density at radius 1 is 1.08 bits per heavy atom. The summed E-state index contributed by atoms with van der Waals surface area (Å²) in [4.78, 5) is 12.1. The molecule has 0 amide bonds. The van der Waals surface area contributed by atoms with Crippen molar-refractivity contribution in [1.82, 2.24) is 0 Å². The van der Waals surface area contributed by atoms with Gasteiger partial charge in [0.1, 0.15) is 29.0 Å². The zero-order valence-electron chi connectivity index (χ0n) is 14.0. The van der Waals surface area contributed by atoms with E-state index in [0.29, 0.717) is 5.56 Å². The zero-order valence-corrected chi connectivity index (χ0v) is 14.0. The van der Waals surface area contributed by atoms with Crippen LogP contribution in [0.5, 0.6) is 5.75 Å². The third-order valence-corrected chi connectivity index (χ3v) is 3.85. The van der Waals surface area contributed by atoms with Gasteiger partial charge in [0.15, 0.2) is 0 Å². The van der Waals surface area contributed by atoms with E-state index in [0.717, 1.165) is 30.5 Å². The molecule has 0 aliphatic rings. The van der Waals surface area contributed by atoms with Gasteiger partial charge in [-0.05, 0) is 30.5 Å². The molecule has 0 fully saturated rings. The molecule has 3 nitrogen and oxygen atoms in total. The van der Waals surface area contributed by atoms with Gasteiger partial charge in [-0.15, -0.1) is 0 Å². The number of benzene rings is 2. The number of carbonyl (C=O) groups excluding carboxylic acids is 1. The van der Waals surface area contributed by atoms with Gasteiger partial charge >= 0.3 is 5.97 Å². The lowest BCUT2D eigenvalue weighted by Gasteiger charge is -2.07. The molecule has 0 atom stereocenters. The molecule has 0 heterocycles. The second kappa shape index (κ2) is 8.93. The molecule has 0 saturated carbocycles. The summed E-state index contributed by atoms with van der Waals surface area (Å²) in [5.41, 5.74) is 0.720. The highest BCUT2D eigenvalue weighted by atomic mass is 19.1. The number of unbranched alkanes of at least 4 members (excludes halogenated alkanes) is 3. The maximum absolute atomic E-state index is 13.5. The summed E-state index contributed by atoms with van der Waals surface area (Å²) >= 11 is 0. The van der Waals surface area contributed by atoms with Crippen LogP contribution >= 0.6 is 0 Å². The van der Waals surface area contributed by atoms with E-state index in [9.17, 15) is 13.6 Å². The minimum absolute atomic E-state index is 0.275. The number of carbonyl (C=O) groups is 1. The second-order valence-electron chi connectivity index (χ2n) is 5.77. The summed E-state index contributed by atoms with van der Waals surface area (Å²) in [5, 5.41) is 8.63. The van der Waals surface area contributed by atoms with Crippen LogP contribution in [0.25, 0.3) is 0 Å². The maximum Gasteiger partial charge on any atom is 0.343 e. The van der Waals surface area contributed by atoms with Crippen molar-refractivity contribution in [1.29, 1.82) is 5.26 Å². The number of esters is 1. The molecule has 0 radical (unpaired) electrons. The Labute approximate surface area is 145 Å². The number of ether oxygens (including phenoxy) is 1. The highest BCUT2D eigenvalue weighted by Crippen LogP contribution is 2.21. The molecule has 0 unspecified atom stereocenters. The molecule has 130 valence electrons. The van der Waals surface area contributed by atoms with Crippen molar-refractivity contribution < 1.29 is 18.3 Å². The largest absolute Gasteiger partial charge is 0.423 e. The summed E-state index contributed by atoms with van der Waals surface area (Å²) in [6.45, 7) is 2.16. The molecule has 2 aromatic carbocycles. The van der Waals surface area contributed by atoms with Crippen molar-refractivity contribution in [3.8, 4) is 11.8 Å². The number of rotatable bonds is 7. The first-order valence-corrected chi connectivity index (χ1v) is 8.25. The first-order valence-electron chi connectivity index (χ1n) is 8.25. The van der Waals surface area contributed by atoms with Gasteiger partial charge in [-0.25, -0.2) is 13.6 Å². The van der Waals surface area contributed by atoms with E-state index in [-0.39, 0.29) is 5.75 Å². The van der Waals surface area contributed by atoms with E-state index in [1.807, 2.05) is 12.1 Å². The lowest BCUT2D eigenvalue weighted by Crippen LogP contribution is -2.09. The first-order chi connectivity index (χ1) is 12.0. The number of nitriles is 1. The van der Waals surface area contributed by atoms with E-state index >= 15 is 0 Å². The predicted molar refractivity (Wildman–Crippen MR) is 90.3 cm³/mol. The van der Waals surface area contributed by atoms with E-state index in [4.69, 9.17) is 10.00 Å². The van der Waals surface area contributed by atoms with Gasteiger partial charge in [0.05, 0.1) is 5.56 Å². The average molecular weight is 343 g/mol. The van der Waals surface area contributed by atoms with Crippen molar-refractivity contribution in [2.75, 3.05) is 0 Å². The molecule has 0 N–H and O–H groups in total. The van der Waals surface area contributed by atoms with Gasteiger partial charge in [-0.1, -0.05) is 38.3 Å². The Morgan fingerprint density at radius 2 is 1.72 bits per heavy atom. The van der Waals surface area contributed by atoms with Crippen LogP contribution in [0, 0.1) is 23.0 Å². The number of hydrogen-bond donors (Lipinski definition) is 0. The topological polar surface area (TPSA) is 50.1 Å². The minimum Gasteiger partial charge on any atom is -0.423 e. The van der Waals surface area contributed by atoms with E-state index < -0.39 is 23.2 Å². The third-order valence-electron chi connectivity index (χ3n) is 3.85. The van der Waals surface area contributed by atoms with E-state index in [1.54, 1.807) is 12.1 Å². The summed E-state index contributed by atoms with van der Waals surface area (Å²) in [6, 6.07) is 10.0. The van der Waals surface area contributed by atoms with Gasteiger partial charge in [0.25, 0.3) is 0 Å². The van der Waals surface area contributed by atoms with Gasteiger partial charge in [0.2, 0.25) is 0 Å². The summed E-state index contributed by atoms with van der Waals surface area (Å²) in [6.07, 6.45) is 5.61. The fourth-order valence-electron chi connectivity index (χ4n) is 2.44. The van der Waals surface area contributed by atoms with Crippen LogP contribution in [0.2, 0.25) is 0 Å². The van der Waals surface area contributed by atoms with Crippen molar-refractivity contribution in [2.24, 2.45) is 0 Å². The molecule has 5 heteroatoms. The fraction of sp³-hybridized carbons (Fsp3) is 0.300. The van der Waals surface area contributed by atoms with E-state index in [2.05, 4.69) is 6.92 Å². The van der Waals surface area contributed by atoms with Crippen LogP contribution in [0.15, 0.2) is 36.4 Å². The van der Waals surface area contributed by atoms with Crippen molar-refractivity contribution in [3.05, 3.63) is 64.7 Å². The number of aryl methyl sites for hydroxylation is 1. The lowest BCUT2D eigenvalue weighted by molar-refractivity contribution is 0.0734. The molecule has 0 spiro atoms. The van der Waals surface area contributed by atoms with Crippen LogP contribution in [0.4, 0.5) is 8.78 Å². The fourth-order valence-corrected chi connectivity index (χ4v) is 2.44. The quantitative estimate of drug-likeness (QED) is 0.395. The Balaban J connectivity index is 2.00. The SMILES string of the molecule is CCCCCCc1ccc(C(=O)Oc2cc(F)c(C#N)c(F)c2)cc1. The Bertz CT molecular complexity index is 756. The monoisotopic (exact) mass is 343 g/mol. The predicted octanol–water partition coefficient (Wildman–Crippen LogP) is 5.18. The van der Waals surface area contributed by atoms with Crippen LogP contribution < -0.4 is 4.74 Å². The van der Waals surface area contributed by atoms with Crippen LogP contribution in [-0.2, 0) is 6.42 Å². The summed E-state index contributed by atoms with van der Waals surface area (Å²) in [5.74, 6) is -3.11. The number of nitrogens with zero attached hydrogens (tertiary/aromatic N) is 1. The highest BCUT2D eigenvalue weighted by Gasteiger charge is 2.14. The van der Waals surface area contributed by atoms with Gasteiger partial charge in [-0.2, -0.15) is 5.26 Å². The minimum atomic E-state index is -1.06. The summed E-state index contributed by atoms with van der Waals surface area (Å²) in [7, 11) is 0. The van der Waals surface area contributed by atoms with Crippen LogP contribution in [-0.4, -0.2) is 5.97 Å². The molecule has 0 aliphatic carbocycles. The molecule has 2 aromatic rings. The molecule has 0 saturated heterocycles. The van der Waals surface area contributed by atoms with Crippen molar-refractivity contribution in [3.63, 3.8) is 0 Å². The Morgan fingerprint density at radius 3 is 2.28 bits per heavy atom. The first kappa shape index (κ1) is 18.6. The van der Waals surface area contributed by atoms with Gasteiger partial charge in [0, 0.05) is 12.1 Å². The second-order valence-corrected chi connectivity index (χ2v) is 5.77. The average Bonchev–Trinajstić information content (AvgIpc) is 2.59. The third kappa shape index (κ3) is 5.12. The Kier molecular flexibility index (Phi) is 6.64. The number of halogens is 2. The highest BCUT2D eigenvalue weighted by molar-refractivity contribution is 5.91. The molecule has 0 bridgehead atoms.